The predicted octanol–water partition coefficient (Wildman–Crippen LogP) is 5.40. The molecule has 0 radical (unpaired) electrons. The van der Waals surface area contributed by atoms with Crippen LogP contribution in [-0.4, -0.2) is 84.1 Å². The Kier molecular flexibility index (Phi) is 7.56. The van der Waals surface area contributed by atoms with Crippen LogP contribution in [0.1, 0.15) is 12.8 Å². The number of thiophene rings is 1. The van der Waals surface area contributed by atoms with Crippen LogP contribution in [0.25, 0.3) is 37.0 Å². The molecule has 0 saturated carbocycles. The molecule has 1 amide bonds. The van der Waals surface area contributed by atoms with Gasteiger partial charge in [0, 0.05) is 41.1 Å². The zero-order chi connectivity index (χ0) is 28.5. The summed E-state index contributed by atoms with van der Waals surface area (Å²) in [5, 5.41) is 4.15. The quantitative estimate of drug-likeness (QED) is 0.219. The summed E-state index contributed by atoms with van der Waals surface area (Å²) >= 11 is 1.72. The van der Waals surface area contributed by atoms with E-state index in [2.05, 4.69) is 70.0 Å². The van der Waals surface area contributed by atoms with E-state index in [1.165, 1.54) is 15.0 Å². The molecular weight excluding hydrogens is 539 g/mol. The molecule has 2 aliphatic rings. The second-order valence-electron chi connectivity index (χ2n) is 10.6. The van der Waals surface area contributed by atoms with Gasteiger partial charge in [-0.1, -0.05) is 24.8 Å². The lowest BCUT2D eigenvalue weighted by molar-refractivity contribution is -0.131. The molecule has 6 rings (SSSR count). The van der Waals surface area contributed by atoms with Gasteiger partial charge in [-0.3, -0.25) is 4.79 Å². The molecule has 0 unspecified atom stereocenters. The van der Waals surface area contributed by atoms with Gasteiger partial charge in [0.25, 0.3) is 5.91 Å². The molecule has 2 saturated heterocycles. The number of carbonyl (C=O) groups is 1. The summed E-state index contributed by atoms with van der Waals surface area (Å²) in [4.78, 5) is 31.4. The number of likely N-dealkylation sites (N-methyl/N-ethyl adjacent to an activating group) is 1. The Balaban J connectivity index is 1.39. The molecule has 0 spiro atoms. The average molecular weight is 571 g/mol. The number of anilines is 1. The number of rotatable bonds is 7. The number of halogens is 1. The van der Waals surface area contributed by atoms with E-state index >= 15 is 0 Å². The fourth-order valence-electron chi connectivity index (χ4n) is 5.90. The molecule has 2 fully saturated rings. The summed E-state index contributed by atoms with van der Waals surface area (Å²) in [6, 6.07) is 14.8. The Labute approximate surface area is 242 Å². The van der Waals surface area contributed by atoms with E-state index < -0.39 is 17.8 Å². The highest BCUT2D eigenvalue weighted by atomic mass is 32.1. The van der Waals surface area contributed by atoms with Gasteiger partial charge in [0.1, 0.15) is 18.5 Å². The van der Waals surface area contributed by atoms with Crippen molar-refractivity contribution >= 4 is 44.1 Å². The first-order valence-corrected chi connectivity index (χ1v) is 14.7. The van der Waals surface area contributed by atoms with E-state index in [4.69, 9.17) is 21.3 Å². The number of hydrogen-bond donors (Lipinski definition) is 0. The van der Waals surface area contributed by atoms with Gasteiger partial charge >= 0.3 is 6.01 Å². The molecule has 8 nitrogen and oxygen atoms in total. The second kappa shape index (κ2) is 11.4. The molecule has 0 bridgehead atoms. The lowest BCUT2D eigenvalue weighted by Gasteiger charge is -2.39. The largest absolute Gasteiger partial charge is 0.462 e. The number of aromatic nitrogens is 2. The van der Waals surface area contributed by atoms with Crippen molar-refractivity contribution < 1.29 is 13.9 Å². The van der Waals surface area contributed by atoms with Gasteiger partial charge in [0.05, 0.1) is 5.52 Å². The first kappa shape index (κ1) is 27.1. The monoisotopic (exact) mass is 570 g/mol. The maximum absolute atomic E-state index is 13.8. The number of carbonyl (C=O) groups excluding carboxylic acids is 1. The van der Waals surface area contributed by atoms with Gasteiger partial charge < -0.3 is 24.3 Å². The van der Waals surface area contributed by atoms with Gasteiger partial charge in [-0.05, 0) is 67.2 Å². The number of ether oxygens (including phenoxy) is 1. The Hall–Kier alpha value is -4.07. The maximum atomic E-state index is 13.8. The zero-order valence-electron chi connectivity index (χ0n) is 22.9. The topological polar surface area (TPSA) is 66.2 Å². The van der Waals surface area contributed by atoms with Crippen molar-refractivity contribution in [3.63, 3.8) is 0 Å². The second-order valence-corrected chi connectivity index (χ2v) is 11.6. The fourth-order valence-corrected chi connectivity index (χ4v) is 6.72. The third-order valence-corrected chi connectivity index (χ3v) is 9.00. The minimum atomic E-state index is -1.01. The van der Waals surface area contributed by atoms with Crippen molar-refractivity contribution in [3.05, 3.63) is 71.7 Å². The number of piperazine rings is 1. The summed E-state index contributed by atoms with van der Waals surface area (Å²) in [6.45, 7) is 13.2. The number of benzene rings is 2. The fraction of sp³-hybridized carbons (Fsp3) is 0.355. The van der Waals surface area contributed by atoms with Crippen LogP contribution in [0.2, 0.25) is 0 Å². The van der Waals surface area contributed by atoms with Gasteiger partial charge in [-0.15, -0.1) is 11.3 Å². The summed E-state index contributed by atoms with van der Waals surface area (Å²) in [5.74, 6) is -1.09. The van der Waals surface area contributed by atoms with Crippen molar-refractivity contribution in [2.45, 2.75) is 24.9 Å². The summed E-state index contributed by atoms with van der Waals surface area (Å²) in [6.07, 6.45) is 2.21. The van der Waals surface area contributed by atoms with Crippen LogP contribution in [0.15, 0.2) is 60.3 Å². The van der Waals surface area contributed by atoms with E-state index in [0.29, 0.717) is 37.6 Å². The smallest absolute Gasteiger partial charge is 0.319 e. The number of nitrogens with zero attached hydrogens (tertiary/aromatic N) is 6. The van der Waals surface area contributed by atoms with Crippen LogP contribution < -0.4 is 9.64 Å². The molecule has 41 heavy (non-hydrogen) atoms. The Morgan fingerprint density at radius 2 is 2.05 bits per heavy atom. The Bertz CT molecular complexity index is 1670. The lowest BCUT2D eigenvalue weighted by Crippen LogP contribution is -2.56. The third-order valence-electron chi connectivity index (χ3n) is 8.12. The molecular formula is C31H31FN6O2S. The van der Waals surface area contributed by atoms with Crippen molar-refractivity contribution in [1.29, 1.82) is 0 Å². The van der Waals surface area contributed by atoms with E-state index in [-0.39, 0.29) is 13.1 Å². The van der Waals surface area contributed by atoms with Crippen LogP contribution >= 0.6 is 11.3 Å². The molecule has 4 aromatic rings. The lowest BCUT2D eigenvalue weighted by atomic mass is 10.0. The predicted molar refractivity (Wildman–Crippen MR) is 161 cm³/mol. The minimum Gasteiger partial charge on any atom is -0.462 e. The molecule has 2 aliphatic heterocycles. The number of hydrogen-bond acceptors (Lipinski definition) is 7. The molecule has 210 valence electrons. The van der Waals surface area contributed by atoms with Crippen molar-refractivity contribution in [1.82, 2.24) is 19.8 Å². The highest BCUT2D eigenvalue weighted by molar-refractivity contribution is 7.17. The van der Waals surface area contributed by atoms with Crippen LogP contribution in [0.5, 0.6) is 6.01 Å². The number of amides is 1. The molecule has 2 atom stereocenters. The van der Waals surface area contributed by atoms with Crippen molar-refractivity contribution in [2.75, 3.05) is 51.3 Å². The normalized spacial score (nSPS) is 19.5. The molecule has 2 aromatic heterocycles. The van der Waals surface area contributed by atoms with Gasteiger partial charge in [0.2, 0.25) is 6.54 Å². The van der Waals surface area contributed by atoms with Crippen molar-refractivity contribution in [3.8, 4) is 17.1 Å². The summed E-state index contributed by atoms with van der Waals surface area (Å²) in [5.41, 5.74) is 2.94. The third kappa shape index (κ3) is 5.35. The summed E-state index contributed by atoms with van der Waals surface area (Å²) < 4.78 is 21.2. The molecule has 4 heterocycles. The Morgan fingerprint density at radius 1 is 1.17 bits per heavy atom. The van der Waals surface area contributed by atoms with E-state index in [1.807, 2.05) is 6.07 Å². The molecule has 0 N–H and O–H groups in total. The molecule has 2 aromatic carbocycles. The van der Waals surface area contributed by atoms with Gasteiger partial charge in [-0.2, -0.15) is 9.97 Å². The first-order valence-electron chi connectivity index (χ1n) is 13.8. The van der Waals surface area contributed by atoms with Crippen LogP contribution in [0.3, 0.4) is 0 Å². The van der Waals surface area contributed by atoms with Crippen molar-refractivity contribution in [2.24, 2.45) is 0 Å². The van der Waals surface area contributed by atoms with E-state index in [1.54, 1.807) is 11.3 Å². The highest BCUT2D eigenvalue weighted by Gasteiger charge is 2.35. The van der Waals surface area contributed by atoms with E-state index in [0.717, 1.165) is 41.4 Å². The zero-order valence-corrected chi connectivity index (χ0v) is 23.7. The number of fused-ring (bicyclic) bond motifs is 2. The maximum Gasteiger partial charge on any atom is 0.319 e. The highest BCUT2D eigenvalue weighted by Crippen LogP contribution is 2.36. The standard InChI is InChI=1S/C31H31FN6O2S/c1-20(32)30(39)38-14-13-37(18-23(38)17-33-2)29-26-10-9-21(24-7-4-8-28-25(24)11-15-41-28)16-27(26)34-31(35-29)40-19-22-6-5-12-36(22)3/h4,7-11,15-16,22-23H,1,5-6,12-14,17-19H2,3H3/t22-,23-/m0/s1. The average Bonchev–Trinajstić information content (AvgIpc) is 3.63. The van der Waals surface area contributed by atoms with Crippen LogP contribution in [-0.2, 0) is 4.79 Å². The first-order chi connectivity index (χ1) is 19.9. The minimum absolute atomic E-state index is 0.0602. The van der Waals surface area contributed by atoms with Crippen LogP contribution in [0, 0.1) is 6.57 Å². The molecule has 10 heteroatoms. The van der Waals surface area contributed by atoms with Gasteiger partial charge in [0.15, 0.2) is 5.83 Å². The summed E-state index contributed by atoms with van der Waals surface area (Å²) in [7, 11) is 2.11. The van der Waals surface area contributed by atoms with Gasteiger partial charge in [-0.25, -0.2) is 11.0 Å². The SMILES string of the molecule is [C-]#[N+]C[C@H]1CN(c2nc(OC[C@@H]3CCCN3C)nc3cc(-c4cccc5sccc45)ccc23)CCN1C(=O)C(=C)F. The number of likely N-dealkylation sites (tertiary alicyclic amines) is 1. The van der Waals surface area contributed by atoms with Crippen LogP contribution in [0.4, 0.5) is 10.2 Å². The molecule has 0 aliphatic carbocycles. The van der Waals surface area contributed by atoms with E-state index in [9.17, 15) is 9.18 Å². The Morgan fingerprint density at radius 3 is 2.83 bits per heavy atom.